The molecule has 0 aromatic heterocycles. The average Bonchev–Trinajstić information content (AvgIpc) is 2.39. The van der Waals surface area contributed by atoms with Crippen LogP contribution < -0.4 is 10.6 Å². The molecule has 0 atom stereocenters. The molecule has 0 saturated carbocycles. The van der Waals surface area contributed by atoms with E-state index in [2.05, 4.69) is 0 Å². The highest BCUT2D eigenvalue weighted by Crippen LogP contribution is 2.22. The van der Waals surface area contributed by atoms with Crippen molar-refractivity contribution in [3.63, 3.8) is 0 Å². The van der Waals surface area contributed by atoms with Gasteiger partial charge in [-0.05, 0) is 30.7 Å². The SMILES string of the molecule is CC(=O)N1CCN(c2ccc(CCN)cc2F)CC1. The predicted molar refractivity (Wildman–Crippen MR) is 73.6 cm³/mol. The maximum atomic E-state index is 14.1. The summed E-state index contributed by atoms with van der Waals surface area (Å²) in [6.45, 7) is 4.74. The third-order valence-electron chi connectivity index (χ3n) is 3.51. The highest BCUT2D eigenvalue weighted by molar-refractivity contribution is 5.73. The molecule has 2 rings (SSSR count). The quantitative estimate of drug-likeness (QED) is 0.887. The van der Waals surface area contributed by atoms with Gasteiger partial charge < -0.3 is 15.5 Å². The van der Waals surface area contributed by atoms with E-state index in [1.165, 1.54) is 0 Å². The topological polar surface area (TPSA) is 49.6 Å². The summed E-state index contributed by atoms with van der Waals surface area (Å²) in [7, 11) is 0. The Bertz CT molecular complexity index is 456. The fraction of sp³-hybridized carbons (Fsp3) is 0.500. The van der Waals surface area contributed by atoms with E-state index in [9.17, 15) is 9.18 Å². The molecule has 1 aromatic rings. The molecule has 0 spiro atoms. The van der Waals surface area contributed by atoms with Crippen LogP contribution in [0.3, 0.4) is 0 Å². The fourth-order valence-corrected chi connectivity index (χ4v) is 2.39. The second-order valence-corrected chi connectivity index (χ2v) is 4.82. The van der Waals surface area contributed by atoms with Gasteiger partial charge in [-0.25, -0.2) is 4.39 Å². The smallest absolute Gasteiger partial charge is 0.219 e. The monoisotopic (exact) mass is 265 g/mol. The molecule has 1 fully saturated rings. The van der Waals surface area contributed by atoms with Crippen LogP contribution in [0.15, 0.2) is 18.2 Å². The largest absolute Gasteiger partial charge is 0.366 e. The number of carbonyl (C=O) groups excluding carboxylic acids is 1. The van der Waals surface area contributed by atoms with Gasteiger partial charge in [0.05, 0.1) is 5.69 Å². The van der Waals surface area contributed by atoms with Crippen LogP contribution in [0.4, 0.5) is 10.1 Å². The predicted octanol–water partition coefficient (Wildman–Crippen LogP) is 0.995. The van der Waals surface area contributed by atoms with Gasteiger partial charge in [-0.3, -0.25) is 4.79 Å². The molecule has 1 saturated heterocycles. The van der Waals surface area contributed by atoms with E-state index < -0.39 is 0 Å². The molecule has 4 nitrogen and oxygen atoms in total. The molecule has 1 heterocycles. The summed E-state index contributed by atoms with van der Waals surface area (Å²) >= 11 is 0. The molecule has 1 aliphatic rings. The number of rotatable bonds is 3. The molecule has 0 aliphatic carbocycles. The maximum absolute atomic E-state index is 14.1. The Morgan fingerprint density at radius 1 is 1.32 bits per heavy atom. The van der Waals surface area contributed by atoms with Crippen molar-refractivity contribution in [1.29, 1.82) is 0 Å². The number of piperazine rings is 1. The minimum Gasteiger partial charge on any atom is -0.366 e. The molecule has 5 heteroatoms. The number of benzene rings is 1. The number of amides is 1. The van der Waals surface area contributed by atoms with Gasteiger partial charge >= 0.3 is 0 Å². The number of hydrogen-bond donors (Lipinski definition) is 1. The highest BCUT2D eigenvalue weighted by atomic mass is 19.1. The van der Waals surface area contributed by atoms with E-state index in [4.69, 9.17) is 5.73 Å². The van der Waals surface area contributed by atoms with Crippen molar-refractivity contribution < 1.29 is 9.18 Å². The Hall–Kier alpha value is -1.62. The lowest BCUT2D eigenvalue weighted by Gasteiger charge is -2.35. The van der Waals surface area contributed by atoms with Crippen molar-refractivity contribution >= 4 is 11.6 Å². The molecule has 0 bridgehead atoms. The zero-order valence-corrected chi connectivity index (χ0v) is 11.2. The highest BCUT2D eigenvalue weighted by Gasteiger charge is 2.20. The second kappa shape index (κ2) is 6.02. The van der Waals surface area contributed by atoms with Gasteiger partial charge in [-0.2, -0.15) is 0 Å². The van der Waals surface area contributed by atoms with Gasteiger partial charge in [0.25, 0.3) is 0 Å². The summed E-state index contributed by atoms with van der Waals surface area (Å²) < 4.78 is 14.1. The summed E-state index contributed by atoms with van der Waals surface area (Å²) in [4.78, 5) is 15.0. The molecular weight excluding hydrogens is 245 g/mol. The molecule has 0 radical (unpaired) electrons. The fourth-order valence-electron chi connectivity index (χ4n) is 2.39. The Morgan fingerprint density at radius 3 is 2.53 bits per heavy atom. The van der Waals surface area contributed by atoms with Crippen molar-refractivity contribution in [2.24, 2.45) is 5.73 Å². The van der Waals surface area contributed by atoms with Gasteiger partial charge in [0.15, 0.2) is 0 Å². The average molecular weight is 265 g/mol. The third kappa shape index (κ3) is 3.23. The third-order valence-corrected chi connectivity index (χ3v) is 3.51. The molecule has 104 valence electrons. The van der Waals surface area contributed by atoms with Crippen molar-refractivity contribution in [2.75, 3.05) is 37.6 Å². The first-order valence-corrected chi connectivity index (χ1v) is 6.61. The van der Waals surface area contributed by atoms with Crippen LogP contribution in [-0.4, -0.2) is 43.5 Å². The number of anilines is 1. The zero-order chi connectivity index (χ0) is 13.8. The summed E-state index contributed by atoms with van der Waals surface area (Å²) in [6.07, 6.45) is 0.690. The molecular formula is C14H20FN3O. The first kappa shape index (κ1) is 13.8. The Morgan fingerprint density at radius 2 is 2.00 bits per heavy atom. The van der Waals surface area contributed by atoms with E-state index in [0.717, 1.165) is 5.56 Å². The van der Waals surface area contributed by atoms with Crippen LogP contribution in [0, 0.1) is 5.82 Å². The van der Waals surface area contributed by atoms with E-state index >= 15 is 0 Å². The van der Waals surface area contributed by atoms with E-state index in [1.54, 1.807) is 17.9 Å². The zero-order valence-electron chi connectivity index (χ0n) is 11.2. The van der Waals surface area contributed by atoms with Gasteiger partial charge in [0, 0.05) is 33.1 Å². The number of halogens is 1. The number of nitrogens with two attached hydrogens (primary N) is 1. The minimum absolute atomic E-state index is 0.0819. The Balaban J connectivity index is 2.05. The molecule has 0 unspecified atom stereocenters. The van der Waals surface area contributed by atoms with E-state index in [1.807, 2.05) is 17.0 Å². The lowest BCUT2D eigenvalue weighted by Crippen LogP contribution is -2.48. The molecule has 1 aromatic carbocycles. The van der Waals surface area contributed by atoms with Crippen LogP contribution in [0.1, 0.15) is 12.5 Å². The van der Waals surface area contributed by atoms with Crippen molar-refractivity contribution in [3.05, 3.63) is 29.6 Å². The van der Waals surface area contributed by atoms with Crippen LogP contribution in [0.2, 0.25) is 0 Å². The summed E-state index contributed by atoms with van der Waals surface area (Å²) in [5.74, 6) is -0.124. The van der Waals surface area contributed by atoms with Crippen LogP contribution in [0.25, 0.3) is 0 Å². The van der Waals surface area contributed by atoms with E-state index in [-0.39, 0.29) is 11.7 Å². The molecule has 2 N–H and O–H groups in total. The van der Waals surface area contributed by atoms with Gasteiger partial charge in [-0.1, -0.05) is 6.07 Å². The maximum Gasteiger partial charge on any atom is 0.219 e. The first-order chi connectivity index (χ1) is 9.11. The summed E-state index contributed by atoms with van der Waals surface area (Å²) in [6, 6.07) is 5.28. The standard InChI is InChI=1S/C14H20FN3O/c1-11(19)17-6-8-18(9-7-17)14-3-2-12(4-5-16)10-13(14)15/h2-3,10H,4-9,16H2,1H3. The van der Waals surface area contributed by atoms with Crippen LogP contribution in [0.5, 0.6) is 0 Å². The van der Waals surface area contributed by atoms with E-state index in [0.29, 0.717) is 44.8 Å². The van der Waals surface area contributed by atoms with Gasteiger partial charge in [0.2, 0.25) is 5.91 Å². The second-order valence-electron chi connectivity index (χ2n) is 4.82. The van der Waals surface area contributed by atoms with Crippen molar-refractivity contribution in [1.82, 2.24) is 4.90 Å². The number of carbonyl (C=O) groups is 1. The first-order valence-electron chi connectivity index (χ1n) is 6.61. The lowest BCUT2D eigenvalue weighted by atomic mass is 10.1. The van der Waals surface area contributed by atoms with Crippen molar-refractivity contribution in [2.45, 2.75) is 13.3 Å². The molecule has 1 amide bonds. The summed E-state index contributed by atoms with van der Waals surface area (Å²) in [5, 5.41) is 0. The molecule has 1 aliphatic heterocycles. The summed E-state index contributed by atoms with van der Waals surface area (Å²) in [5.41, 5.74) is 7.00. The van der Waals surface area contributed by atoms with Gasteiger partial charge in [-0.15, -0.1) is 0 Å². The normalized spacial score (nSPS) is 15.7. The molecule has 19 heavy (non-hydrogen) atoms. The minimum atomic E-state index is -0.206. The number of hydrogen-bond acceptors (Lipinski definition) is 3. The number of nitrogens with zero attached hydrogens (tertiary/aromatic N) is 2. The van der Waals surface area contributed by atoms with Crippen LogP contribution in [-0.2, 0) is 11.2 Å². The van der Waals surface area contributed by atoms with Crippen molar-refractivity contribution in [3.8, 4) is 0 Å². The van der Waals surface area contributed by atoms with Gasteiger partial charge in [0.1, 0.15) is 5.82 Å². The Labute approximate surface area is 113 Å². The lowest BCUT2D eigenvalue weighted by molar-refractivity contribution is -0.129. The Kier molecular flexibility index (Phi) is 4.37. The van der Waals surface area contributed by atoms with Crippen LogP contribution >= 0.6 is 0 Å².